The third-order valence-corrected chi connectivity index (χ3v) is 4.38. The molecule has 1 aromatic heterocycles. The maximum atomic E-state index is 12.4. The average molecular weight is 275 g/mol. The minimum Gasteiger partial charge on any atom is -0.337 e. The molecule has 0 bridgehead atoms. The minimum absolute atomic E-state index is 0.0180. The van der Waals surface area contributed by atoms with Crippen LogP contribution in [0.2, 0.25) is 0 Å². The summed E-state index contributed by atoms with van der Waals surface area (Å²) in [4.78, 5) is 30.6. The van der Waals surface area contributed by atoms with Crippen molar-refractivity contribution in [2.45, 2.75) is 31.7 Å². The summed E-state index contributed by atoms with van der Waals surface area (Å²) in [5.41, 5.74) is 0.274. The Morgan fingerprint density at radius 2 is 2.00 bits per heavy atom. The molecular formula is C15H21N3O2. The van der Waals surface area contributed by atoms with E-state index in [2.05, 4.69) is 9.88 Å². The summed E-state index contributed by atoms with van der Waals surface area (Å²) in [5.74, 6) is -0.0180. The molecule has 2 fully saturated rings. The van der Waals surface area contributed by atoms with E-state index in [0.29, 0.717) is 11.6 Å². The van der Waals surface area contributed by atoms with Crippen LogP contribution < -0.4 is 5.56 Å². The van der Waals surface area contributed by atoms with Crippen molar-refractivity contribution >= 4 is 5.91 Å². The lowest BCUT2D eigenvalue weighted by molar-refractivity contribution is 0.0771. The summed E-state index contributed by atoms with van der Waals surface area (Å²) in [7, 11) is 0. The number of hydrogen-bond acceptors (Lipinski definition) is 3. The van der Waals surface area contributed by atoms with Crippen molar-refractivity contribution in [3.8, 4) is 0 Å². The molecule has 2 saturated heterocycles. The molecule has 0 radical (unpaired) electrons. The first-order chi connectivity index (χ1) is 9.74. The third-order valence-electron chi connectivity index (χ3n) is 4.38. The highest BCUT2D eigenvalue weighted by atomic mass is 16.2. The van der Waals surface area contributed by atoms with E-state index in [0.717, 1.165) is 32.6 Å². The highest BCUT2D eigenvalue weighted by Gasteiger charge is 2.31. The molecule has 0 aliphatic carbocycles. The Labute approximate surface area is 118 Å². The number of hydrogen-bond donors (Lipinski definition) is 1. The van der Waals surface area contributed by atoms with Gasteiger partial charge in [-0.3, -0.25) is 14.5 Å². The number of piperidine rings is 1. The Hall–Kier alpha value is -1.62. The summed E-state index contributed by atoms with van der Waals surface area (Å²) < 4.78 is 0. The van der Waals surface area contributed by atoms with E-state index in [1.807, 2.05) is 4.90 Å². The number of carbonyl (C=O) groups is 1. The predicted molar refractivity (Wildman–Crippen MR) is 76.8 cm³/mol. The zero-order chi connectivity index (χ0) is 13.9. The molecule has 5 nitrogen and oxygen atoms in total. The van der Waals surface area contributed by atoms with Crippen LogP contribution in [0.25, 0.3) is 0 Å². The van der Waals surface area contributed by atoms with E-state index in [4.69, 9.17) is 0 Å². The monoisotopic (exact) mass is 275 g/mol. The van der Waals surface area contributed by atoms with Gasteiger partial charge in [0.2, 0.25) is 5.56 Å². The smallest absolute Gasteiger partial charge is 0.254 e. The van der Waals surface area contributed by atoms with Crippen LogP contribution >= 0.6 is 0 Å². The zero-order valence-corrected chi connectivity index (χ0v) is 11.7. The molecule has 0 saturated carbocycles. The molecule has 1 aromatic rings. The quantitative estimate of drug-likeness (QED) is 0.878. The summed E-state index contributed by atoms with van der Waals surface area (Å²) in [6, 6.07) is 3.57. The standard InChI is InChI=1S/C15H21N3O2/c19-14-10-12(4-6-16-14)15(20)18-9-5-13(11-18)17-7-2-1-3-8-17/h4,6,10,13H,1-3,5,7-9,11H2,(H,16,19). The van der Waals surface area contributed by atoms with Crippen LogP contribution in [0, 0.1) is 0 Å². The number of pyridine rings is 1. The maximum absolute atomic E-state index is 12.4. The van der Waals surface area contributed by atoms with Crippen LogP contribution in [0.3, 0.4) is 0 Å². The van der Waals surface area contributed by atoms with E-state index < -0.39 is 0 Å². The second-order valence-corrected chi connectivity index (χ2v) is 5.73. The van der Waals surface area contributed by atoms with Crippen LogP contribution in [0.15, 0.2) is 23.1 Å². The van der Waals surface area contributed by atoms with Crippen LogP contribution in [0.1, 0.15) is 36.0 Å². The van der Waals surface area contributed by atoms with Crippen molar-refractivity contribution in [1.82, 2.24) is 14.8 Å². The van der Waals surface area contributed by atoms with Gasteiger partial charge >= 0.3 is 0 Å². The van der Waals surface area contributed by atoms with E-state index >= 15 is 0 Å². The number of nitrogens with one attached hydrogen (secondary N) is 1. The number of rotatable bonds is 2. The van der Waals surface area contributed by atoms with Gasteiger partial charge in [-0.2, -0.15) is 0 Å². The van der Waals surface area contributed by atoms with Crippen molar-refractivity contribution in [3.05, 3.63) is 34.2 Å². The molecule has 1 N–H and O–H groups in total. The molecule has 2 aliphatic rings. The molecule has 1 unspecified atom stereocenters. The molecule has 2 aliphatic heterocycles. The van der Waals surface area contributed by atoms with Gasteiger partial charge in [-0.05, 0) is 38.4 Å². The van der Waals surface area contributed by atoms with Crippen molar-refractivity contribution in [1.29, 1.82) is 0 Å². The van der Waals surface area contributed by atoms with Crippen molar-refractivity contribution in [2.75, 3.05) is 26.2 Å². The fourth-order valence-electron chi connectivity index (χ4n) is 3.27. The van der Waals surface area contributed by atoms with E-state index in [9.17, 15) is 9.59 Å². The second-order valence-electron chi connectivity index (χ2n) is 5.73. The van der Waals surface area contributed by atoms with Gasteiger partial charge in [-0.1, -0.05) is 6.42 Å². The van der Waals surface area contributed by atoms with E-state index in [1.54, 1.807) is 6.07 Å². The predicted octanol–water partition coefficient (Wildman–Crippen LogP) is 1.08. The first kappa shape index (κ1) is 13.4. The number of carbonyl (C=O) groups excluding carboxylic acids is 1. The van der Waals surface area contributed by atoms with Gasteiger partial charge < -0.3 is 9.88 Å². The molecule has 3 heterocycles. The molecular weight excluding hydrogens is 254 g/mol. The topological polar surface area (TPSA) is 56.4 Å². The number of aromatic amines is 1. The SMILES string of the molecule is O=C(c1cc[nH]c(=O)c1)N1CCC(N2CCCCC2)C1. The van der Waals surface area contributed by atoms with E-state index in [1.165, 1.54) is 31.5 Å². The molecule has 1 atom stereocenters. The van der Waals surface area contributed by atoms with Gasteiger partial charge in [0.15, 0.2) is 0 Å². The van der Waals surface area contributed by atoms with Crippen molar-refractivity contribution in [2.24, 2.45) is 0 Å². The van der Waals surface area contributed by atoms with Crippen LogP contribution in [-0.2, 0) is 0 Å². The fraction of sp³-hybridized carbons (Fsp3) is 0.600. The third kappa shape index (κ3) is 2.77. The first-order valence-electron chi connectivity index (χ1n) is 7.46. The number of nitrogens with zero attached hydrogens (tertiary/aromatic N) is 2. The number of amides is 1. The van der Waals surface area contributed by atoms with Crippen LogP contribution in [0.4, 0.5) is 0 Å². The average Bonchev–Trinajstić information content (AvgIpc) is 2.97. The van der Waals surface area contributed by atoms with Crippen LogP contribution in [0.5, 0.6) is 0 Å². The lowest BCUT2D eigenvalue weighted by Crippen LogP contribution is -2.41. The minimum atomic E-state index is -0.220. The Balaban J connectivity index is 1.64. The van der Waals surface area contributed by atoms with E-state index in [-0.39, 0.29) is 11.5 Å². The molecule has 3 rings (SSSR count). The number of H-pyrrole nitrogens is 1. The number of likely N-dealkylation sites (tertiary alicyclic amines) is 2. The van der Waals surface area contributed by atoms with Gasteiger partial charge in [-0.15, -0.1) is 0 Å². The Kier molecular flexibility index (Phi) is 3.87. The Morgan fingerprint density at radius 1 is 1.20 bits per heavy atom. The number of aromatic nitrogens is 1. The lowest BCUT2D eigenvalue weighted by atomic mass is 10.1. The zero-order valence-electron chi connectivity index (χ0n) is 11.7. The summed E-state index contributed by atoms with van der Waals surface area (Å²) in [5, 5.41) is 0. The maximum Gasteiger partial charge on any atom is 0.254 e. The summed E-state index contributed by atoms with van der Waals surface area (Å²) in [6.07, 6.45) is 6.47. The van der Waals surface area contributed by atoms with Crippen molar-refractivity contribution < 1.29 is 4.79 Å². The molecule has 0 aromatic carbocycles. The lowest BCUT2D eigenvalue weighted by Gasteiger charge is -2.32. The van der Waals surface area contributed by atoms with Gasteiger partial charge in [-0.25, -0.2) is 0 Å². The molecule has 0 spiro atoms. The summed E-state index contributed by atoms with van der Waals surface area (Å²) >= 11 is 0. The summed E-state index contributed by atoms with van der Waals surface area (Å²) in [6.45, 7) is 3.92. The first-order valence-corrected chi connectivity index (χ1v) is 7.46. The highest BCUT2D eigenvalue weighted by molar-refractivity contribution is 5.94. The van der Waals surface area contributed by atoms with Crippen molar-refractivity contribution in [3.63, 3.8) is 0 Å². The molecule has 5 heteroatoms. The van der Waals surface area contributed by atoms with Gasteiger partial charge in [0.1, 0.15) is 0 Å². The second kappa shape index (κ2) is 5.79. The van der Waals surface area contributed by atoms with Gasteiger partial charge in [0, 0.05) is 37.0 Å². The normalized spacial score (nSPS) is 24.0. The molecule has 108 valence electrons. The Bertz CT molecular complexity index is 534. The van der Waals surface area contributed by atoms with Gasteiger partial charge in [0.25, 0.3) is 5.91 Å². The molecule has 1 amide bonds. The largest absolute Gasteiger partial charge is 0.337 e. The Morgan fingerprint density at radius 3 is 2.75 bits per heavy atom. The molecule has 20 heavy (non-hydrogen) atoms. The van der Waals surface area contributed by atoms with Crippen LogP contribution in [-0.4, -0.2) is 52.9 Å². The highest BCUT2D eigenvalue weighted by Crippen LogP contribution is 2.21. The van der Waals surface area contributed by atoms with Gasteiger partial charge in [0.05, 0.1) is 0 Å². The fourth-order valence-corrected chi connectivity index (χ4v) is 3.27.